The third-order valence-corrected chi connectivity index (χ3v) is 4.67. The Balaban J connectivity index is 1.89. The number of hydrogen-bond acceptors (Lipinski definition) is 4. The molecule has 24 heavy (non-hydrogen) atoms. The van der Waals surface area contributed by atoms with Crippen molar-refractivity contribution in [2.24, 2.45) is 10.9 Å². The first-order valence-corrected chi connectivity index (χ1v) is 8.98. The van der Waals surface area contributed by atoms with Crippen LogP contribution in [0.1, 0.15) is 30.5 Å². The third-order valence-electron chi connectivity index (χ3n) is 3.84. The standard InChI is InChI=1S/C15H24F3N5S/c1-3-19-14(20-7-11-5-4-6-23(2)9-11)21-8-13-22-12(10-24-13)15(16,17)18/h10-11H,3-9H2,1-2H3,(H2,19,20,21). The number of piperidine rings is 1. The number of likely N-dealkylation sites (tertiary alicyclic amines) is 1. The van der Waals surface area contributed by atoms with Crippen LogP contribution in [0.3, 0.4) is 0 Å². The summed E-state index contributed by atoms with van der Waals surface area (Å²) in [6, 6.07) is 0. The van der Waals surface area contributed by atoms with Gasteiger partial charge in [0.2, 0.25) is 0 Å². The fraction of sp³-hybridized carbons (Fsp3) is 0.733. The minimum atomic E-state index is -4.39. The van der Waals surface area contributed by atoms with Gasteiger partial charge < -0.3 is 15.5 Å². The van der Waals surface area contributed by atoms with Gasteiger partial charge in [-0.15, -0.1) is 11.3 Å². The number of rotatable bonds is 5. The van der Waals surface area contributed by atoms with E-state index in [2.05, 4.69) is 32.6 Å². The lowest BCUT2D eigenvalue weighted by atomic mass is 9.99. The molecule has 0 radical (unpaired) electrons. The third kappa shape index (κ3) is 5.94. The second kappa shape index (κ2) is 8.66. The predicted molar refractivity (Wildman–Crippen MR) is 90.2 cm³/mol. The van der Waals surface area contributed by atoms with Crippen molar-refractivity contribution in [1.82, 2.24) is 20.5 Å². The smallest absolute Gasteiger partial charge is 0.357 e. The molecule has 1 fully saturated rings. The van der Waals surface area contributed by atoms with E-state index in [0.717, 1.165) is 36.4 Å². The van der Waals surface area contributed by atoms with E-state index in [1.54, 1.807) is 0 Å². The van der Waals surface area contributed by atoms with Crippen molar-refractivity contribution >= 4 is 17.3 Å². The minimum Gasteiger partial charge on any atom is -0.357 e. The maximum Gasteiger partial charge on any atom is 0.434 e. The van der Waals surface area contributed by atoms with Gasteiger partial charge in [-0.2, -0.15) is 13.2 Å². The molecule has 0 aromatic carbocycles. The molecule has 1 aliphatic rings. The van der Waals surface area contributed by atoms with Gasteiger partial charge in [0.15, 0.2) is 11.7 Å². The Morgan fingerprint density at radius 2 is 2.25 bits per heavy atom. The molecule has 136 valence electrons. The quantitative estimate of drug-likeness (QED) is 0.624. The van der Waals surface area contributed by atoms with Gasteiger partial charge >= 0.3 is 6.18 Å². The first-order chi connectivity index (χ1) is 11.4. The molecule has 1 aromatic heterocycles. The second-order valence-corrected chi connectivity index (χ2v) is 6.91. The number of alkyl halides is 3. The topological polar surface area (TPSA) is 52.6 Å². The summed E-state index contributed by atoms with van der Waals surface area (Å²) in [4.78, 5) is 10.3. The maximum atomic E-state index is 12.6. The first-order valence-electron chi connectivity index (χ1n) is 8.10. The van der Waals surface area contributed by atoms with E-state index in [1.807, 2.05) is 6.92 Å². The zero-order valence-electron chi connectivity index (χ0n) is 14.0. The van der Waals surface area contributed by atoms with Crippen molar-refractivity contribution in [3.05, 3.63) is 16.1 Å². The molecule has 1 unspecified atom stereocenters. The predicted octanol–water partition coefficient (Wildman–Crippen LogP) is 2.56. The van der Waals surface area contributed by atoms with E-state index >= 15 is 0 Å². The highest BCUT2D eigenvalue weighted by Gasteiger charge is 2.33. The summed E-state index contributed by atoms with van der Waals surface area (Å²) in [5.74, 6) is 1.18. The van der Waals surface area contributed by atoms with Crippen LogP contribution < -0.4 is 10.6 Å². The number of aromatic nitrogens is 1. The molecule has 0 saturated carbocycles. The summed E-state index contributed by atoms with van der Waals surface area (Å²) in [6.45, 7) is 5.78. The molecular weight excluding hydrogens is 339 g/mol. The largest absolute Gasteiger partial charge is 0.434 e. The average Bonchev–Trinajstić information content (AvgIpc) is 2.99. The summed E-state index contributed by atoms with van der Waals surface area (Å²) in [7, 11) is 2.12. The van der Waals surface area contributed by atoms with Crippen LogP contribution in [-0.2, 0) is 12.7 Å². The number of guanidine groups is 1. The zero-order valence-corrected chi connectivity index (χ0v) is 14.8. The van der Waals surface area contributed by atoms with Gasteiger partial charge in [-0.3, -0.25) is 0 Å². The molecule has 0 aliphatic carbocycles. The van der Waals surface area contributed by atoms with Crippen molar-refractivity contribution in [3.8, 4) is 0 Å². The van der Waals surface area contributed by atoms with E-state index in [0.29, 0.717) is 23.4 Å². The van der Waals surface area contributed by atoms with Crippen LogP contribution in [0.2, 0.25) is 0 Å². The Hall–Kier alpha value is -1.35. The van der Waals surface area contributed by atoms with Gasteiger partial charge in [-0.05, 0) is 39.3 Å². The SMILES string of the molecule is CCNC(=NCc1nc(C(F)(F)F)cs1)NCC1CCCN(C)C1. The number of halogens is 3. The molecule has 5 nitrogen and oxygen atoms in total. The highest BCUT2D eigenvalue weighted by atomic mass is 32.1. The summed E-state index contributed by atoms with van der Waals surface area (Å²) in [5, 5.41) is 7.79. The Bertz CT molecular complexity index is 543. The average molecular weight is 363 g/mol. The van der Waals surface area contributed by atoms with E-state index in [1.165, 1.54) is 12.8 Å². The lowest BCUT2D eigenvalue weighted by Crippen LogP contribution is -2.43. The molecule has 2 heterocycles. The van der Waals surface area contributed by atoms with Crippen LogP contribution in [0.25, 0.3) is 0 Å². The van der Waals surface area contributed by atoms with Crippen LogP contribution in [0, 0.1) is 5.92 Å². The Kier molecular flexibility index (Phi) is 6.85. The fourth-order valence-electron chi connectivity index (χ4n) is 2.68. The Morgan fingerprint density at radius 3 is 2.88 bits per heavy atom. The zero-order chi connectivity index (χ0) is 17.6. The number of thiazole rings is 1. The van der Waals surface area contributed by atoms with Gasteiger partial charge in [0, 0.05) is 25.0 Å². The lowest BCUT2D eigenvalue weighted by molar-refractivity contribution is -0.140. The molecular formula is C15H24F3N5S. The van der Waals surface area contributed by atoms with Crippen molar-refractivity contribution in [2.45, 2.75) is 32.5 Å². The molecule has 2 rings (SSSR count). The van der Waals surface area contributed by atoms with Crippen LogP contribution in [0.4, 0.5) is 13.2 Å². The normalized spacial score (nSPS) is 20.2. The van der Waals surface area contributed by atoms with E-state index in [4.69, 9.17) is 0 Å². The highest BCUT2D eigenvalue weighted by Crippen LogP contribution is 2.30. The summed E-state index contributed by atoms with van der Waals surface area (Å²) in [5.41, 5.74) is -0.846. The van der Waals surface area contributed by atoms with Crippen LogP contribution in [0.5, 0.6) is 0 Å². The van der Waals surface area contributed by atoms with Gasteiger partial charge in [-0.25, -0.2) is 9.98 Å². The van der Waals surface area contributed by atoms with E-state index in [-0.39, 0.29) is 6.54 Å². The van der Waals surface area contributed by atoms with Crippen molar-refractivity contribution < 1.29 is 13.2 Å². The van der Waals surface area contributed by atoms with Crippen molar-refractivity contribution in [3.63, 3.8) is 0 Å². The molecule has 1 aromatic rings. The number of nitrogens with one attached hydrogen (secondary N) is 2. The molecule has 1 saturated heterocycles. The molecule has 2 N–H and O–H groups in total. The monoisotopic (exact) mass is 363 g/mol. The number of aliphatic imine (C=N–C) groups is 1. The second-order valence-electron chi connectivity index (χ2n) is 5.97. The van der Waals surface area contributed by atoms with Crippen LogP contribution in [0.15, 0.2) is 10.4 Å². The summed E-state index contributed by atoms with van der Waals surface area (Å²) >= 11 is 0.983. The van der Waals surface area contributed by atoms with Gasteiger partial charge in [0.25, 0.3) is 0 Å². The molecule has 0 spiro atoms. The fourth-order valence-corrected chi connectivity index (χ4v) is 3.41. The maximum absolute atomic E-state index is 12.6. The van der Waals surface area contributed by atoms with E-state index in [9.17, 15) is 13.2 Å². The van der Waals surface area contributed by atoms with E-state index < -0.39 is 11.9 Å². The number of nitrogens with zero attached hydrogens (tertiary/aromatic N) is 3. The number of hydrogen-bond donors (Lipinski definition) is 2. The first kappa shape index (κ1) is 19.0. The molecule has 1 aliphatic heterocycles. The molecule has 9 heteroatoms. The van der Waals surface area contributed by atoms with Gasteiger partial charge in [0.05, 0.1) is 6.54 Å². The molecule has 0 bridgehead atoms. The lowest BCUT2D eigenvalue weighted by Gasteiger charge is -2.30. The van der Waals surface area contributed by atoms with Crippen molar-refractivity contribution in [2.75, 3.05) is 33.2 Å². The summed E-state index contributed by atoms with van der Waals surface area (Å²) in [6.07, 6.45) is -2.03. The minimum absolute atomic E-state index is 0.140. The molecule has 1 atom stereocenters. The Morgan fingerprint density at radius 1 is 1.46 bits per heavy atom. The Labute approximate surface area is 144 Å². The van der Waals surface area contributed by atoms with Gasteiger partial charge in [0.1, 0.15) is 5.01 Å². The van der Waals surface area contributed by atoms with Gasteiger partial charge in [-0.1, -0.05) is 0 Å². The van der Waals surface area contributed by atoms with Crippen LogP contribution in [-0.4, -0.2) is 49.1 Å². The highest BCUT2D eigenvalue weighted by molar-refractivity contribution is 7.09. The summed E-state index contributed by atoms with van der Waals surface area (Å²) < 4.78 is 37.7. The molecule has 0 amide bonds. The van der Waals surface area contributed by atoms with Crippen molar-refractivity contribution in [1.29, 1.82) is 0 Å². The van der Waals surface area contributed by atoms with Crippen LogP contribution >= 0.6 is 11.3 Å².